The zero-order valence-corrected chi connectivity index (χ0v) is 23.7. The van der Waals surface area contributed by atoms with Crippen molar-refractivity contribution in [3.05, 3.63) is 121 Å². The van der Waals surface area contributed by atoms with Gasteiger partial charge >= 0.3 is 5.97 Å². The highest BCUT2D eigenvalue weighted by atomic mass is 79.9. The fourth-order valence-corrected chi connectivity index (χ4v) is 6.09. The Morgan fingerprint density at radius 1 is 1.07 bits per heavy atom. The summed E-state index contributed by atoms with van der Waals surface area (Å²) in [7, 11) is 1.29. The predicted octanol–water partition coefficient (Wildman–Crippen LogP) is 6.44. The van der Waals surface area contributed by atoms with Crippen molar-refractivity contribution in [2.75, 3.05) is 12.0 Å². The molecule has 0 N–H and O–H groups in total. The molecule has 6 rings (SSSR count). The molecule has 200 valence electrons. The van der Waals surface area contributed by atoms with Crippen LogP contribution in [0.1, 0.15) is 48.7 Å². The van der Waals surface area contributed by atoms with E-state index in [2.05, 4.69) is 20.9 Å². The van der Waals surface area contributed by atoms with E-state index in [4.69, 9.17) is 13.9 Å². The average Bonchev–Trinajstić information content (AvgIpc) is 3.49. The van der Waals surface area contributed by atoms with Gasteiger partial charge in [-0.15, -0.1) is 0 Å². The average molecular weight is 617 g/mol. The first kappa shape index (κ1) is 26.0. The van der Waals surface area contributed by atoms with Crippen LogP contribution >= 0.6 is 27.3 Å². The van der Waals surface area contributed by atoms with E-state index in [9.17, 15) is 14.4 Å². The number of benzene rings is 3. The molecule has 8 nitrogen and oxygen atoms in total. The van der Waals surface area contributed by atoms with E-state index in [0.717, 1.165) is 16.9 Å². The minimum absolute atomic E-state index is 0.0540. The summed E-state index contributed by atoms with van der Waals surface area (Å²) >= 11 is 4.44. The lowest BCUT2D eigenvalue weighted by Gasteiger charge is -2.22. The SMILES string of the molecule is COC(=O)c1sc(N2C(=O)c3oc4ccc(Br)cc4c(=O)c3C2c2ccc(OCc3ccccc3)cc2)nc1C. The Morgan fingerprint density at radius 2 is 1.82 bits per heavy atom. The zero-order valence-electron chi connectivity index (χ0n) is 21.3. The van der Waals surface area contributed by atoms with Crippen molar-refractivity contribution in [3.63, 3.8) is 0 Å². The summed E-state index contributed by atoms with van der Waals surface area (Å²) in [6, 6.07) is 21.3. The van der Waals surface area contributed by atoms with Crippen LogP contribution in [-0.4, -0.2) is 24.0 Å². The molecule has 5 aromatic rings. The maximum atomic E-state index is 13.9. The number of aryl methyl sites for hydroxylation is 1. The topological polar surface area (TPSA) is 98.9 Å². The molecule has 0 fully saturated rings. The molecule has 40 heavy (non-hydrogen) atoms. The summed E-state index contributed by atoms with van der Waals surface area (Å²) < 4.78 is 17.6. The lowest BCUT2D eigenvalue weighted by molar-refractivity contribution is 0.0605. The third-order valence-corrected chi connectivity index (χ3v) is 8.27. The number of amides is 1. The van der Waals surface area contributed by atoms with E-state index >= 15 is 0 Å². The number of thiazole rings is 1. The van der Waals surface area contributed by atoms with Gasteiger partial charge in [0.1, 0.15) is 22.8 Å². The highest BCUT2D eigenvalue weighted by Crippen LogP contribution is 2.43. The smallest absolute Gasteiger partial charge is 0.350 e. The quantitative estimate of drug-likeness (QED) is 0.202. The monoisotopic (exact) mass is 616 g/mol. The van der Waals surface area contributed by atoms with Crippen LogP contribution in [0.25, 0.3) is 11.0 Å². The number of fused-ring (bicyclic) bond motifs is 2. The summed E-state index contributed by atoms with van der Waals surface area (Å²) in [4.78, 5) is 46.2. The summed E-state index contributed by atoms with van der Waals surface area (Å²) in [6.45, 7) is 2.07. The van der Waals surface area contributed by atoms with Gasteiger partial charge in [-0.05, 0) is 48.4 Å². The molecule has 3 aromatic carbocycles. The molecular formula is C30H21BrN2O6S. The number of carbonyl (C=O) groups is 2. The number of hydrogen-bond acceptors (Lipinski definition) is 8. The fourth-order valence-electron chi connectivity index (χ4n) is 4.71. The Kier molecular flexibility index (Phi) is 6.73. The maximum absolute atomic E-state index is 13.9. The van der Waals surface area contributed by atoms with Gasteiger partial charge in [-0.25, -0.2) is 9.78 Å². The Bertz CT molecular complexity index is 1830. The number of rotatable bonds is 6. The molecule has 1 atom stereocenters. The summed E-state index contributed by atoms with van der Waals surface area (Å²) in [6.07, 6.45) is 0. The van der Waals surface area contributed by atoms with Crippen molar-refractivity contribution in [3.8, 4) is 5.75 Å². The second kappa shape index (κ2) is 10.4. The van der Waals surface area contributed by atoms with Crippen molar-refractivity contribution < 1.29 is 23.5 Å². The van der Waals surface area contributed by atoms with E-state index in [1.807, 2.05) is 42.5 Å². The van der Waals surface area contributed by atoms with Crippen molar-refractivity contribution in [2.45, 2.75) is 19.6 Å². The standard InChI is InChI=1S/C30H21BrN2O6S/c1-16-27(29(36)37-2)40-30(32-16)33-24(18-8-11-20(12-9-18)38-15-17-6-4-3-5-7-17)23-25(34)21-14-19(31)10-13-22(21)39-26(23)28(33)35/h3-14,24H,15H2,1-2H3. The number of aromatic nitrogens is 1. The van der Waals surface area contributed by atoms with Gasteiger partial charge in [-0.3, -0.25) is 14.5 Å². The van der Waals surface area contributed by atoms with Gasteiger partial charge in [-0.2, -0.15) is 0 Å². The third kappa shape index (κ3) is 4.48. The van der Waals surface area contributed by atoms with Crippen LogP contribution in [0.15, 0.2) is 86.5 Å². The van der Waals surface area contributed by atoms with E-state index in [0.29, 0.717) is 39.1 Å². The molecule has 0 aliphatic carbocycles. The van der Waals surface area contributed by atoms with E-state index < -0.39 is 17.9 Å². The molecule has 3 heterocycles. The van der Waals surface area contributed by atoms with E-state index in [1.54, 1.807) is 37.3 Å². The highest BCUT2D eigenvalue weighted by molar-refractivity contribution is 9.10. The van der Waals surface area contributed by atoms with Gasteiger partial charge in [0, 0.05) is 4.47 Å². The number of methoxy groups -OCH3 is 1. The minimum atomic E-state index is -0.832. The first-order valence-corrected chi connectivity index (χ1v) is 13.9. The van der Waals surface area contributed by atoms with Gasteiger partial charge in [0.2, 0.25) is 5.76 Å². The minimum Gasteiger partial charge on any atom is -0.489 e. The van der Waals surface area contributed by atoms with Crippen LogP contribution in [0.5, 0.6) is 5.75 Å². The molecule has 1 aliphatic heterocycles. The molecule has 0 saturated heterocycles. The van der Waals surface area contributed by atoms with Gasteiger partial charge in [0.05, 0.1) is 29.8 Å². The van der Waals surface area contributed by atoms with E-state index in [-0.39, 0.29) is 26.8 Å². The molecule has 1 aliphatic rings. The van der Waals surface area contributed by atoms with Crippen LogP contribution in [0.2, 0.25) is 0 Å². The van der Waals surface area contributed by atoms with E-state index in [1.165, 1.54) is 12.0 Å². The van der Waals surface area contributed by atoms with Gasteiger partial charge in [-0.1, -0.05) is 69.7 Å². The second-order valence-electron chi connectivity index (χ2n) is 9.14. The van der Waals surface area contributed by atoms with Crippen molar-refractivity contribution >= 4 is 55.2 Å². The third-order valence-electron chi connectivity index (χ3n) is 6.64. The predicted molar refractivity (Wildman–Crippen MR) is 154 cm³/mol. The highest BCUT2D eigenvalue weighted by Gasteiger charge is 2.45. The summed E-state index contributed by atoms with van der Waals surface area (Å²) in [5.74, 6) is -0.485. The molecule has 0 radical (unpaired) electrons. The largest absolute Gasteiger partial charge is 0.489 e. The molecular weight excluding hydrogens is 596 g/mol. The van der Waals surface area contributed by atoms with Crippen LogP contribution in [0.4, 0.5) is 5.13 Å². The summed E-state index contributed by atoms with van der Waals surface area (Å²) in [5.41, 5.74) is 2.31. The number of ether oxygens (including phenoxy) is 2. The lowest BCUT2D eigenvalue weighted by Crippen LogP contribution is -2.29. The maximum Gasteiger partial charge on any atom is 0.350 e. The van der Waals surface area contributed by atoms with Crippen LogP contribution in [0, 0.1) is 6.92 Å². The molecule has 1 amide bonds. The van der Waals surface area contributed by atoms with Crippen molar-refractivity contribution in [1.29, 1.82) is 0 Å². The van der Waals surface area contributed by atoms with Crippen molar-refractivity contribution in [2.24, 2.45) is 0 Å². The number of halogens is 1. The lowest BCUT2D eigenvalue weighted by atomic mass is 9.98. The summed E-state index contributed by atoms with van der Waals surface area (Å²) in [5, 5.41) is 0.606. The second-order valence-corrected chi connectivity index (χ2v) is 11.0. The Morgan fingerprint density at radius 3 is 2.55 bits per heavy atom. The first-order chi connectivity index (χ1) is 19.4. The molecule has 2 aromatic heterocycles. The van der Waals surface area contributed by atoms with Crippen LogP contribution in [-0.2, 0) is 11.3 Å². The molecule has 10 heteroatoms. The molecule has 1 unspecified atom stereocenters. The first-order valence-electron chi connectivity index (χ1n) is 12.3. The zero-order chi connectivity index (χ0) is 28.0. The number of nitrogens with zero attached hydrogens (tertiary/aromatic N) is 2. The normalized spacial score (nSPS) is 14.4. The number of esters is 1. The molecule has 0 bridgehead atoms. The Labute approximate surface area is 240 Å². The molecule has 0 spiro atoms. The van der Waals surface area contributed by atoms with Gasteiger partial charge < -0.3 is 13.9 Å². The van der Waals surface area contributed by atoms with Crippen molar-refractivity contribution in [1.82, 2.24) is 4.98 Å². The number of anilines is 1. The fraction of sp³-hybridized carbons (Fsp3) is 0.133. The van der Waals surface area contributed by atoms with Gasteiger partial charge in [0.15, 0.2) is 10.6 Å². The number of carbonyl (C=O) groups excluding carboxylic acids is 2. The molecule has 0 saturated carbocycles. The van der Waals surface area contributed by atoms with Crippen LogP contribution in [0.3, 0.4) is 0 Å². The Hall–Kier alpha value is -4.28. The van der Waals surface area contributed by atoms with Crippen LogP contribution < -0.4 is 15.1 Å². The van der Waals surface area contributed by atoms with Gasteiger partial charge in [0.25, 0.3) is 5.91 Å². The Balaban J connectivity index is 1.46. The number of hydrogen-bond donors (Lipinski definition) is 0.